The summed E-state index contributed by atoms with van der Waals surface area (Å²) in [5.74, 6) is 11.7. The summed E-state index contributed by atoms with van der Waals surface area (Å²) in [6.45, 7) is 3.74. The fourth-order valence-electron chi connectivity index (χ4n) is 1.84. The molecule has 17 heavy (non-hydrogen) atoms. The smallest absolute Gasteiger partial charge is 0.0509 e. The highest BCUT2D eigenvalue weighted by molar-refractivity contribution is 4.96. The molecular formula is C15H24O2. The van der Waals surface area contributed by atoms with Crippen molar-refractivity contribution >= 4 is 0 Å². The standard InChI is InChI=1S/C15H24O2/c1-3-5-7-9-11-15(13-16,14-17)12-10-8-6-4-2/h16-17H,7-14H2,1-2H3. The van der Waals surface area contributed by atoms with Crippen molar-refractivity contribution in [3.63, 3.8) is 0 Å². The van der Waals surface area contributed by atoms with Gasteiger partial charge in [-0.1, -0.05) is 0 Å². The minimum Gasteiger partial charge on any atom is -0.396 e. The van der Waals surface area contributed by atoms with Crippen molar-refractivity contribution in [2.75, 3.05) is 13.2 Å². The quantitative estimate of drug-likeness (QED) is 0.501. The van der Waals surface area contributed by atoms with Crippen LogP contribution in [-0.4, -0.2) is 23.4 Å². The summed E-state index contributed by atoms with van der Waals surface area (Å²) in [6, 6.07) is 0. The van der Waals surface area contributed by atoms with Crippen LogP contribution in [0, 0.1) is 29.1 Å². The Hall–Kier alpha value is -0.960. The molecule has 0 rings (SSSR count). The van der Waals surface area contributed by atoms with Gasteiger partial charge in [0.1, 0.15) is 0 Å². The normalized spacial score (nSPS) is 10.1. The molecule has 2 nitrogen and oxygen atoms in total. The monoisotopic (exact) mass is 236 g/mol. The highest BCUT2D eigenvalue weighted by Crippen LogP contribution is 2.29. The lowest BCUT2D eigenvalue weighted by Gasteiger charge is -2.29. The van der Waals surface area contributed by atoms with Crippen LogP contribution in [0.1, 0.15) is 52.4 Å². The van der Waals surface area contributed by atoms with Crippen LogP contribution in [0.5, 0.6) is 0 Å². The number of hydrogen-bond acceptors (Lipinski definition) is 2. The number of rotatable bonds is 8. The van der Waals surface area contributed by atoms with Crippen molar-refractivity contribution in [3.8, 4) is 23.7 Å². The topological polar surface area (TPSA) is 40.5 Å². The highest BCUT2D eigenvalue weighted by Gasteiger charge is 2.27. The van der Waals surface area contributed by atoms with E-state index in [1.165, 1.54) is 0 Å². The molecule has 0 saturated carbocycles. The number of hydrogen-bond donors (Lipinski definition) is 2. The second-order valence-electron chi connectivity index (χ2n) is 4.38. The van der Waals surface area contributed by atoms with Crippen LogP contribution in [0.15, 0.2) is 0 Å². The predicted octanol–water partition coefficient (Wildman–Crippen LogP) is 2.34. The van der Waals surface area contributed by atoms with E-state index < -0.39 is 0 Å². The van der Waals surface area contributed by atoms with Crippen LogP contribution in [0.4, 0.5) is 0 Å². The molecule has 2 N–H and O–H groups in total. The molecule has 0 bridgehead atoms. The lowest BCUT2D eigenvalue weighted by molar-refractivity contribution is 0.0371. The van der Waals surface area contributed by atoms with E-state index in [-0.39, 0.29) is 18.6 Å². The third-order valence-corrected chi connectivity index (χ3v) is 3.04. The number of aliphatic hydroxyl groups excluding tert-OH is 2. The minimum absolute atomic E-state index is 0.0443. The van der Waals surface area contributed by atoms with Gasteiger partial charge < -0.3 is 10.2 Å². The van der Waals surface area contributed by atoms with E-state index in [1.807, 2.05) is 13.8 Å². The van der Waals surface area contributed by atoms with Gasteiger partial charge in [0, 0.05) is 18.3 Å². The Bertz CT molecular complexity index is 266. The molecule has 96 valence electrons. The molecule has 0 spiro atoms. The molecule has 0 heterocycles. The Morgan fingerprint density at radius 1 is 0.824 bits per heavy atom. The van der Waals surface area contributed by atoms with Crippen LogP contribution in [-0.2, 0) is 0 Å². The van der Waals surface area contributed by atoms with E-state index in [0.717, 1.165) is 38.5 Å². The second kappa shape index (κ2) is 10.2. The van der Waals surface area contributed by atoms with E-state index in [0.29, 0.717) is 0 Å². The van der Waals surface area contributed by atoms with Gasteiger partial charge in [-0.05, 0) is 39.5 Å². The molecule has 0 aromatic carbocycles. The Morgan fingerprint density at radius 2 is 1.24 bits per heavy atom. The van der Waals surface area contributed by atoms with E-state index in [2.05, 4.69) is 23.7 Å². The molecule has 0 saturated heterocycles. The zero-order valence-corrected chi connectivity index (χ0v) is 11.1. The van der Waals surface area contributed by atoms with Gasteiger partial charge in [-0.3, -0.25) is 0 Å². The SMILES string of the molecule is CC#CCCCC(CO)(CO)CCCC#CC. The third kappa shape index (κ3) is 7.05. The number of aliphatic hydroxyl groups is 2. The van der Waals surface area contributed by atoms with Gasteiger partial charge >= 0.3 is 0 Å². The first-order valence-corrected chi connectivity index (χ1v) is 6.25. The van der Waals surface area contributed by atoms with Crippen LogP contribution < -0.4 is 0 Å². The molecule has 0 atom stereocenters. The molecule has 0 aliphatic carbocycles. The first kappa shape index (κ1) is 16.0. The molecule has 0 amide bonds. The average Bonchev–Trinajstić information content (AvgIpc) is 2.37. The second-order valence-corrected chi connectivity index (χ2v) is 4.38. The summed E-state index contributed by atoms with van der Waals surface area (Å²) in [5.41, 5.74) is -0.342. The van der Waals surface area contributed by atoms with Gasteiger partial charge in [-0.2, -0.15) is 0 Å². The fourth-order valence-corrected chi connectivity index (χ4v) is 1.84. The fraction of sp³-hybridized carbons (Fsp3) is 0.733. The zero-order chi connectivity index (χ0) is 13.0. The van der Waals surface area contributed by atoms with E-state index in [1.54, 1.807) is 0 Å². The molecule has 2 heteroatoms. The van der Waals surface area contributed by atoms with Crippen molar-refractivity contribution in [1.82, 2.24) is 0 Å². The first-order chi connectivity index (χ1) is 8.24. The summed E-state index contributed by atoms with van der Waals surface area (Å²) in [4.78, 5) is 0. The maximum atomic E-state index is 9.46. The average molecular weight is 236 g/mol. The van der Waals surface area contributed by atoms with Gasteiger partial charge in [-0.15, -0.1) is 23.7 Å². The summed E-state index contributed by atoms with van der Waals surface area (Å²) in [6.07, 6.45) is 5.20. The van der Waals surface area contributed by atoms with Gasteiger partial charge in [0.15, 0.2) is 0 Å². The van der Waals surface area contributed by atoms with Gasteiger partial charge in [-0.25, -0.2) is 0 Å². The molecular weight excluding hydrogens is 212 g/mol. The maximum Gasteiger partial charge on any atom is 0.0509 e. The van der Waals surface area contributed by atoms with Crippen molar-refractivity contribution in [2.24, 2.45) is 5.41 Å². The van der Waals surface area contributed by atoms with Crippen LogP contribution >= 0.6 is 0 Å². The summed E-state index contributed by atoms with van der Waals surface area (Å²) < 4.78 is 0. The zero-order valence-electron chi connectivity index (χ0n) is 11.1. The third-order valence-electron chi connectivity index (χ3n) is 3.04. The summed E-state index contributed by atoms with van der Waals surface area (Å²) >= 11 is 0. The summed E-state index contributed by atoms with van der Waals surface area (Å²) in [5, 5.41) is 18.9. The largest absolute Gasteiger partial charge is 0.396 e. The van der Waals surface area contributed by atoms with Gasteiger partial charge in [0.25, 0.3) is 0 Å². The van der Waals surface area contributed by atoms with Crippen LogP contribution in [0.2, 0.25) is 0 Å². The van der Waals surface area contributed by atoms with E-state index >= 15 is 0 Å². The van der Waals surface area contributed by atoms with Crippen LogP contribution in [0.3, 0.4) is 0 Å². The lowest BCUT2D eigenvalue weighted by Crippen LogP contribution is -2.29. The Kier molecular flexibility index (Phi) is 9.63. The molecule has 0 unspecified atom stereocenters. The Labute approximate surface area is 105 Å². The highest BCUT2D eigenvalue weighted by atomic mass is 16.3. The van der Waals surface area contributed by atoms with Crippen molar-refractivity contribution in [2.45, 2.75) is 52.4 Å². The molecule has 0 radical (unpaired) electrons. The van der Waals surface area contributed by atoms with Crippen LogP contribution in [0.25, 0.3) is 0 Å². The van der Waals surface area contributed by atoms with Crippen molar-refractivity contribution < 1.29 is 10.2 Å². The minimum atomic E-state index is -0.342. The molecule has 0 fully saturated rings. The Balaban J connectivity index is 4.11. The summed E-state index contributed by atoms with van der Waals surface area (Å²) in [7, 11) is 0. The predicted molar refractivity (Wildman–Crippen MR) is 71.2 cm³/mol. The first-order valence-electron chi connectivity index (χ1n) is 6.25. The van der Waals surface area contributed by atoms with E-state index in [4.69, 9.17) is 0 Å². The Morgan fingerprint density at radius 3 is 1.53 bits per heavy atom. The molecule has 0 aromatic heterocycles. The van der Waals surface area contributed by atoms with E-state index in [9.17, 15) is 10.2 Å². The number of unbranched alkanes of at least 4 members (excludes halogenated alkanes) is 2. The molecule has 0 aliphatic heterocycles. The van der Waals surface area contributed by atoms with Crippen molar-refractivity contribution in [3.05, 3.63) is 0 Å². The van der Waals surface area contributed by atoms with Gasteiger partial charge in [0.2, 0.25) is 0 Å². The van der Waals surface area contributed by atoms with Crippen molar-refractivity contribution in [1.29, 1.82) is 0 Å². The molecule has 0 aliphatic rings. The lowest BCUT2D eigenvalue weighted by atomic mass is 9.79. The maximum absolute atomic E-state index is 9.46. The molecule has 0 aromatic rings. The van der Waals surface area contributed by atoms with Gasteiger partial charge in [0.05, 0.1) is 13.2 Å².